The Morgan fingerprint density at radius 3 is 2.48 bits per heavy atom. The summed E-state index contributed by atoms with van der Waals surface area (Å²) in [7, 11) is 0. The van der Waals surface area contributed by atoms with Gasteiger partial charge in [0.2, 0.25) is 11.8 Å². The van der Waals surface area contributed by atoms with Crippen LogP contribution in [0.5, 0.6) is 5.75 Å². The first-order chi connectivity index (χ1) is 15.6. The van der Waals surface area contributed by atoms with Gasteiger partial charge in [-0.05, 0) is 51.2 Å². The van der Waals surface area contributed by atoms with Gasteiger partial charge in [-0.1, -0.05) is 32.0 Å². The molecule has 0 radical (unpaired) electrons. The first kappa shape index (κ1) is 26.2. The molecule has 1 saturated heterocycles. The van der Waals surface area contributed by atoms with Crippen LogP contribution in [0.3, 0.4) is 0 Å². The molecule has 1 aliphatic rings. The molecule has 1 heterocycles. The minimum absolute atomic E-state index is 0.0303. The summed E-state index contributed by atoms with van der Waals surface area (Å²) in [5.41, 5.74) is -0.779. The average Bonchev–Trinajstić information content (AvgIpc) is 3.15. The Balaban J connectivity index is 1.90. The quantitative estimate of drug-likeness (QED) is 0.410. The van der Waals surface area contributed by atoms with E-state index in [1.165, 1.54) is 0 Å². The Kier molecular flexibility index (Phi) is 9.69. The summed E-state index contributed by atoms with van der Waals surface area (Å²) in [5, 5.41) is 7.96. The van der Waals surface area contributed by atoms with Crippen molar-refractivity contribution in [2.24, 2.45) is 11.8 Å². The lowest BCUT2D eigenvalue weighted by Crippen LogP contribution is -2.51. The van der Waals surface area contributed by atoms with Gasteiger partial charge < -0.3 is 30.2 Å². The van der Waals surface area contributed by atoms with E-state index in [4.69, 9.17) is 9.47 Å². The Labute approximate surface area is 195 Å². The predicted octanol–water partition coefficient (Wildman–Crippen LogP) is 2.19. The number of hydrogen-bond acceptors (Lipinski definition) is 6. The molecule has 9 nitrogen and oxygen atoms in total. The monoisotopic (exact) mass is 461 g/mol. The minimum Gasteiger partial charge on any atom is -0.484 e. The van der Waals surface area contributed by atoms with Gasteiger partial charge in [-0.25, -0.2) is 4.79 Å². The van der Waals surface area contributed by atoms with Gasteiger partial charge in [0.05, 0.1) is 6.04 Å². The molecule has 0 aliphatic carbocycles. The van der Waals surface area contributed by atoms with Crippen LogP contribution in [0.15, 0.2) is 30.3 Å². The Hall–Kier alpha value is -3.10. The molecule has 1 fully saturated rings. The Morgan fingerprint density at radius 1 is 1.21 bits per heavy atom. The molecule has 3 amide bonds. The second-order valence-electron chi connectivity index (χ2n) is 9.34. The summed E-state index contributed by atoms with van der Waals surface area (Å²) in [6, 6.07) is 7.50. The fourth-order valence-corrected chi connectivity index (χ4v) is 3.57. The van der Waals surface area contributed by atoms with Gasteiger partial charge in [0.25, 0.3) is 0 Å². The zero-order chi connectivity index (χ0) is 24.4. The zero-order valence-corrected chi connectivity index (χ0v) is 19.8. The van der Waals surface area contributed by atoms with Crippen molar-refractivity contribution in [1.82, 2.24) is 16.0 Å². The molecule has 3 atom stereocenters. The van der Waals surface area contributed by atoms with E-state index < -0.39 is 29.7 Å². The summed E-state index contributed by atoms with van der Waals surface area (Å²) in [4.78, 5) is 48.5. The standard InChI is InChI=1S/C24H35N3O6/c1-16(2)12-20(22(30)26-18(14-28)13-17-10-11-25-21(17)29)27-23(31)32-15-24(3,4)33-19-8-6-5-7-9-19/h5-9,14,16-18,20H,10-13,15H2,1-4H3,(H,25,29)(H,26,30)(H,27,31)/t17-,18-,20-/m0/s1. The van der Waals surface area contributed by atoms with Crippen LogP contribution in [0.2, 0.25) is 0 Å². The summed E-state index contributed by atoms with van der Waals surface area (Å²) in [6.45, 7) is 7.96. The maximum absolute atomic E-state index is 12.8. The lowest BCUT2D eigenvalue weighted by atomic mass is 9.98. The first-order valence-electron chi connectivity index (χ1n) is 11.3. The molecule has 33 heavy (non-hydrogen) atoms. The largest absolute Gasteiger partial charge is 0.484 e. The fraction of sp³-hybridized carbons (Fsp3) is 0.583. The van der Waals surface area contributed by atoms with E-state index in [1.54, 1.807) is 13.8 Å². The molecule has 3 N–H and O–H groups in total. The van der Waals surface area contributed by atoms with Crippen molar-refractivity contribution in [2.45, 2.75) is 64.6 Å². The third-order valence-corrected chi connectivity index (χ3v) is 5.20. The van der Waals surface area contributed by atoms with Gasteiger partial charge in [-0.15, -0.1) is 0 Å². The number of amides is 3. The highest BCUT2D eigenvalue weighted by molar-refractivity contribution is 5.88. The number of carbonyl (C=O) groups is 4. The van der Waals surface area contributed by atoms with Crippen LogP contribution >= 0.6 is 0 Å². The van der Waals surface area contributed by atoms with E-state index >= 15 is 0 Å². The molecule has 9 heteroatoms. The van der Waals surface area contributed by atoms with E-state index in [9.17, 15) is 19.2 Å². The molecule has 0 aromatic heterocycles. The van der Waals surface area contributed by atoms with Gasteiger partial charge in [0.1, 0.15) is 30.3 Å². The normalized spacial score (nSPS) is 17.6. The van der Waals surface area contributed by atoms with Gasteiger partial charge in [-0.2, -0.15) is 0 Å². The number of benzene rings is 1. The number of aldehydes is 1. The summed E-state index contributed by atoms with van der Waals surface area (Å²) in [6.07, 6.45) is 1.08. The second-order valence-corrected chi connectivity index (χ2v) is 9.34. The highest BCUT2D eigenvalue weighted by Gasteiger charge is 2.30. The van der Waals surface area contributed by atoms with E-state index in [0.29, 0.717) is 31.4 Å². The molecule has 1 aliphatic heterocycles. The highest BCUT2D eigenvalue weighted by atomic mass is 16.6. The van der Waals surface area contributed by atoms with Crippen molar-refractivity contribution in [3.05, 3.63) is 30.3 Å². The number of carbonyl (C=O) groups excluding carboxylic acids is 4. The van der Waals surface area contributed by atoms with E-state index in [-0.39, 0.29) is 30.8 Å². The van der Waals surface area contributed by atoms with Crippen molar-refractivity contribution in [1.29, 1.82) is 0 Å². The van der Waals surface area contributed by atoms with Gasteiger partial charge in [-0.3, -0.25) is 9.59 Å². The zero-order valence-electron chi connectivity index (χ0n) is 19.8. The first-order valence-corrected chi connectivity index (χ1v) is 11.3. The maximum atomic E-state index is 12.8. The van der Waals surface area contributed by atoms with Crippen molar-refractivity contribution < 1.29 is 28.7 Å². The maximum Gasteiger partial charge on any atom is 0.407 e. The molecule has 1 aromatic carbocycles. The molecule has 0 bridgehead atoms. The summed E-state index contributed by atoms with van der Waals surface area (Å²) in [5.74, 6) is -0.157. The van der Waals surface area contributed by atoms with E-state index in [2.05, 4.69) is 16.0 Å². The molecular formula is C24H35N3O6. The smallest absolute Gasteiger partial charge is 0.407 e. The highest BCUT2D eigenvalue weighted by Crippen LogP contribution is 2.18. The van der Waals surface area contributed by atoms with Crippen LogP contribution in [0.4, 0.5) is 4.79 Å². The number of para-hydroxylation sites is 1. The van der Waals surface area contributed by atoms with E-state index in [0.717, 1.165) is 0 Å². The van der Waals surface area contributed by atoms with Crippen LogP contribution in [-0.4, -0.2) is 55.0 Å². The lowest BCUT2D eigenvalue weighted by Gasteiger charge is -2.27. The number of rotatable bonds is 12. The Bertz CT molecular complexity index is 812. The molecule has 0 unspecified atom stereocenters. The number of nitrogens with one attached hydrogen (secondary N) is 3. The number of alkyl carbamates (subject to hydrolysis) is 1. The van der Waals surface area contributed by atoms with Crippen LogP contribution in [-0.2, 0) is 19.1 Å². The molecular weight excluding hydrogens is 426 g/mol. The third-order valence-electron chi connectivity index (χ3n) is 5.20. The second kappa shape index (κ2) is 12.2. The third kappa shape index (κ3) is 9.11. The molecule has 1 aromatic rings. The molecule has 182 valence electrons. The van der Waals surface area contributed by atoms with Crippen LogP contribution in [0.25, 0.3) is 0 Å². The fourth-order valence-electron chi connectivity index (χ4n) is 3.57. The average molecular weight is 462 g/mol. The van der Waals surface area contributed by atoms with Gasteiger partial charge in [0.15, 0.2) is 0 Å². The van der Waals surface area contributed by atoms with Crippen LogP contribution in [0.1, 0.15) is 47.0 Å². The predicted molar refractivity (Wildman–Crippen MR) is 123 cm³/mol. The van der Waals surface area contributed by atoms with Crippen molar-refractivity contribution in [3.63, 3.8) is 0 Å². The van der Waals surface area contributed by atoms with Gasteiger partial charge in [0, 0.05) is 12.5 Å². The summed E-state index contributed by atoms with van der Waals surface area (Å²) >= 11 is 0. The van der Waals surface area contributed by atoms with Crippen molar-refractivity contribution in [3.8, 4) is 5.75 Å². The number of ether oxygens (including phenoxy) is 2. The van der Waals surface area contributed by atoms with Crippen LogP contribution < -0.4 is 20.7 Å². The van der Waals surface area contributed by atoms with E-state index in [1.807, 2.05) is 44.2 Å². The van der Waals surface area contributed by atoms with Crippen molar-refractivity contribution >= 4 is 24.2 Å². The van der Waals surface area contributed by atoms with Crippen molar-refractivity contribution in [2.75, 3.05) is 13.2 Å². The number of hydrogen-bond donors (Lipinski definition) is 3. The lowest BCUT2D eigenvalue weighted by molar-refractivity contribution is -0.127. The minimum atomic E-state index is -0.879. The summed E-state index contributed by atoms with van der Waals surface area (Å²) < 4.78 is 11.2. The topological polar surface area (TPSA) is 123 Å². The van der Waals surface area contributed by atoms with Gasteiger partial charge >= 0.3 is 6.09 Å². The molecule has 2 rings (SSSR count). The molecule has 0 saturated carbocycles. The van der Waals surface area contributed by atoms with Crippen LogP contribution in [0, 0.1) is 11.8 Å². The molecule has 0 spiro atoms. The SMILES string of the molecule is CC(C)C[C@H](NC(=O)OCC(C)(C)Oc1ccccc1)C(=O)N[C@H](C=O)C[C@@H]1CCNC1=O. The Morgan fingerprint density at radius 2 is 1.91 bits per heavy atom.